The minimum atomic E-state index is -0.770. The van der Waals surface area contributed by atoms with Crippen LogP contribution < -0.4 is 10.2 Å². The fraction of sp³-hybridized carbons (Fsp3) is 0.278. The molecule has 0 heterocycles. The van der Waals surface area contributed by atoms with E-state index in [1.807, 2.05) is 32.9 Å². The molecule has 1 N–H and O–H groups in total. The van der Waals surface area contributed by atoms with E-state index >= 15 is 0 Å². The molecule has 0 radical (unpaired) electrons. The van der Waals surface area contributed by atoms with E-state index in [9.17, 15) is 25.0 Å². The van der Waals surface area contributed by atoms with Crippen LogP contribution in [0.25, 0.3) is 0 Å². The summed E-state index contributed by atoms with van der Waals surface area (Å²) in [7, 11) is 0. The van der Waals surface area contributed by atoms with Gasteiger partial charge >= 0.3 is 0 Å². The molecule has 9 nitrogen and oxygen atoms in total. The van der Waals surface area contributed by atoms with Gasteiger partial charge in [-0.05, 0) is 44.5 Å². The maximum atomic E-state index is 12.5. The molecular formula is C18H20N4O5. The number of nitro benzene ring substituents is 2. The molecule has 0 atom stereocenters. The highest BCUT2D eigenvalue weighted by atomic mass is 16.6. The second-order valence-electron chi connectivity index (χ2n) is 5.88. The van der Waals surface area contributed by atoms with Crippen molar-refractivity contribution in [2.45, 2.75) is 20.8 Å². The molecule has 2 aromatic rings. The molecule has 0 fully saturated rings. The molecule has 0 spiro atoms. The number of hydrogen-bond donors (Lipinski definition) is 1. The number of carbonyl (C=O) groups excluding carboxylic acids is 1. The first kappa shape index (κ1) is 19.8. The van der Waals surface area contributed by atoms with E-state index in [0.717, 1.165) is 42.5 Å². The lowest BCUT2D eigenvalue weighted by Gasteiger charge is -2.22. The second-order valence-corrected chi connectivity index (χ2v) is 5.88. The topological polar surface area (TPSA) is 119 Å². The standard InChI is InChI=1S/C18H20N4O5/c1-4-20(5-2)14-6-7-17(12(3)8-14)19-18(23)13-9-15(21(24)25)11-16(10-13)22(26)27/h6-11H,4-5H2,1-3H3,(H,19,23). The molecule has 0 aliphatic heterocycles. The number of non-ortho nitro benzene ring substituents is 2. The first-order valence-corrected chi connectivity index (χ1v) is 8.37. The first-order chi connectivity index (χ1) is 12.8. The van der Waals surface area contributed by atoms with E-state index in [0.29, 0.717) is 5.69 Å². The smallest absolute Gasteiger partial charge is 0.277 e. The Bertz CT molecular complexity index is 861. The van der Waals surface area contributed by atoms with Gasteiger partial charge in [-0.15, -0.1) is 0 Å². The van der Waals surface area contributed by atoms with Gasteiger partial charge in [0.15, 0.2) is 0 Å². The van der Waals surface area contributed by atoms with Gasteiger partial charge in [-0.3, -0.25) is 25.0 Å². The Labute approximate surface area is 155 Å². The quantitative estimate of drug-likeness (QED) is 0.581. The fourth-order valence-corrected chi connectivity index (χ4v) is 2.71. The number of carbonyl (C=O) groups is 1. The molecule has 0 aliphatic carbocycles. The minimum Gasteiger partial charge on any atom is -0.372 e. The van der Waals surface area contributed by atoms with Gasteiger partial charge < -0.3 is 10.2 Å². The molecule has 1 amide bonds. The average Bonchev–Trinajstić information content (AvgIpc) is 2.64. The minimum absolute atomic E-state index is 0.150. The maximum absolute atomic E-state index is 12.5. The largest absolute Gasteiger partial charge is 0.372 e. The van der Waals surface area contributed by atoms with Gasteiger partial charge in [0, 0.05) is 36.6 Å². The van der Waals surface area contributed by atoms with Crippen molar-refractivity contribution < 1.29 is 14.6 Å². The third-order valence-corrected chi connectivity index (χ3v) is 4.17. The number of hydrogen-bond acceptors (Lipinski definition) is 6. The van der Waals surface area contributed by atoms with E-state index < -0.39 is 27.1 Å². The van der Waals surface area contributed by atoms with Gasteiger partial charge in [0.1, 0.15) is 0 Å². The van der Waals surface area contributed by atoms with E-state index in [-0.39, 0.29) is 5.56 Å². The zero-order valence-electron chi connectivity index (χ0n) is 15.3. The Hall–Kier alpha value is -3.49. The molecule has 27 heavy (non-hydrogen) atoms. The summed E-state index contributed by atoms with van der Waals surface area (Å²) >= 11 is 0. The lowest BCUT2D eigenvalue weighted by Crippen LogP contribution is -2.22. The highest BCUT2D eigenvalue weighted by Crippen LogP contribution is 2.26. The van der Waals surface area contributed by atoms with Gasteiger partial charge in [-0.1, -0.05) is 0 Å². The number of amides is 1. The summed E-state index contributed by atoms with van der Waals surface area (Å²) in [6, 6.07) is 8.39. The van der Waals surface area contributed by atoms with Crippen molar-refractivity contribution in [2.24, 2.45) is 0 Å². The summed E-state index contributed by atoms with van der Waals surface area (Å²) in [4.78, 5) is 35.0. The molecule has 9 heteroatoms. The third-order valence-electron chi connectivity index (χ3n) is 4.17. The van der Waals surface area contributed by atoms with Crippen LogP contribution >= 0.6 is 0 Å². The maximum Gasteiger partial charge on any atom is 0.277 e. The molecule has 2 aromatic carbocycles. The van der Waals surface area contributed by atoms with Crippen molar-refractivity contribution in [3.8, 4) is 0 Å². The van der Waals surface area contributed by atoms with Crippen LogP contribution in [0, 0.1) is 27.2 Å². The molecule has 0 saturated carbocycles. The average molecular weight is 372 g/mol. The number of nitro groups is 2. The summed E-state index contributed by atoms with van der Waals surface area (Å²) in [5.74, 6) is -0.652. The van der Waals surface area contributed by atoms with Gasteiger partial charge in [0.05, 0.1) is 21.5 Å². The monoisotopic (exact) mass is 372 g/mol. The first-order valence-electron chi connectivity index (χ1n) is 8.37. The Morgan fingerprint density at radius 1 is 1.00 bits per heavy atom. The van der Waals surface area contributed by atoms with Crippen LogP contribution in [0.15, 0.2) is 36.4 Å². The van der Waals surface area contributed by atoms with E-state index in [2.05, 4.69) is 10.2 Å². The molecule has 0 bridgehead atoms. The number of anilines is 2. The van der Waals surface area contributed by atoms with Gasteiger partial charge in [0.25, 0.3) is 17.3 Å². The van der Waals surface area contributed by atoms with Crippen LogP contribution in [0.3, 0.4) is 0 Å². The van der Waals surface area contributed by atoms with Crippen molar-refractivity contribution in [1.82, 2.24) is 0 Å². The normalized spacial score (nSPS) is 10.3. The van der Waals surface area contributed by atoms with E-state index in [1.165, 1.54) is 0 Å². The molecule has 0 saturated heterocycles. The summed E-state index contributed by atoms with van der Waals surface area (Å²) in [6.07, 6.45) is 0. The highest BCUT2D eigenvalue weighted by molar-refractivity contribution is 6.05. The predicted molar refractivity (Wildman–Crippen MR) is 102 cm³/mol. The fourth-order valence-electron chi connectivity index (χ4n) is 2.71. The Morgan fingerprint density at radius 3 is 2.00 bits per heavy atom. The van der Waals surface area contributed by atoms with Crippen molar-refractivity contribution in [3.05, 3.63) is 67.8 Å². The van der Waals surface area contributed by atoms with Crippen LogP contribution in [-0.2, 0) is 0 Å². The lowest BCUT2D eigenvalue weighted by molar-refractivity contribution is -0.394. The molecule has 0 aromatic heterocycles. The number of nitrogens with zero attached hydrogens (tertiary/aromatic N) is 3. The number of aryl methyl sites for hydroxylation is 1. The molecule has 142 valence electrons. The summed E-state index contributed by atoms with van der Waals surface area (Å²) in [5, 5.41) is 24.6. The van der Waals surface area contributed by atoms with Crippen molar-refractivity contribution in [1.29, 1.82) is 0 Å². The summed E-state index contributed by atoms with van der Waals surface area (Å²) in [6.45, 7) is 7.62. The van der Waals surface area contributed by atoms with Crippen molar-refractivity contribution in [3.63, 3.8) is 0 Å². The Kier molecular flexibility index (Phi) is 6.07. The Morgan fingerprint density at radius 2 is 1.56 bits per heavy atom. The molecule has 2 rings (SSSR count). The van der Waals surface area contributed by atoms with E-state index in [1.54, 1.807) is 6.07 Å². The Balaban J connectivity index is 2.32. The van der Waals surface area contributed by atoms with Crippen LogP contribution in [0.1, 0.15) is 29.8 Å². The second kappa shape index (κ2) is 8.26. The van der Waals surface area contributed by atoms with Crippen molar-refractivity contribution >= 4 is 28.7 Å². The predicted octanol–water partition coefficient (Wildman–Crippen LogP) is 3.91. The molecular weight excluding hydrogens is 352 g/mol. The van der Waals surface area contributed by atoms with E-state index in [4.69, 9.17) is 0 Å². The third kappa shape index (κ3) is 4.57. The lowest BCUT2D eigenvalue weighted by atomic mass is 10.1. The number of nitrogens with one attached hydrogen (secondary N) is 1. The molecule has 0 unspecified atom stereocenters. The molecule has 0 aliphatic rings. The zero-order chi connectivity index (χ0) is 20.1. The van der Waals surface area contributed by atoms with Gasteiger partial charge in [-0.25, -0.2) is 0 Å². The summed E-state index contributed by atoms with van der Waals surface area (Å²) < 4.78 is 0. The SMILES string of the molecule is CCN(CC)c1ccc(NC(=O)c2cc([N+](=O)[O-])cc([N+](=O)[O-])c2)c(C)c1. The van der Waals surface area contributed by atoms with Gasteiger partial charge in [-0.2, -0.15) is 0 Å². The highest BCUT2D eigenvalue weighted by Gasteiger charge is 2.20. The number of benzene rings is 2. The number of rotatable bonds is 7. The van der Waals surface area contributed by atoms with Crippen LogP contribution in [0.5, 0.6) is 0 Å². The van der Waals surface area contributed by atoms with Crippen molar-refractivity contribution in [2.75, 3.05) is 23.3 Å². The van der Waals surface area contributed by atoms with Crippen LogP contribution in [0.2, 0.25) is 0 Å². The zero-order valence-corrected chi connectivity index (χ0v) is 15.3. The summed E-state index contributed by atoms with van der Waals surface area (Å²) in [5.41, 5.74) is 1.19. The van der Waals surface area contributed by atoms with Crippen LogP contribution in [0.4, 0.5) is 22.7 Å². The van der Waals surface area contributed by atoms with Gasteiger partial charge in [0.2, 0.25) is 0 Å². The van der Waals surface area contributed by atoms with Crippen LogP contribution in [-0.4, -0.2) is 28.8 Å².